The Kier molecular flexibility index (Phi) is 3.84. The van der Waals surface area contributed by atoms with Crippen molar-refractivity contribution in [1.29, 1.82) is 0 Å². The van der Waals surface area contributed by atoms with E-state index in [1.807, 2.05) is 11.8 Å². The maximum atomic E-state index is 6.11. The van der Waals surface area contributed by atoms with Gasteiger partial charge in [-0.15, -0.1) is 11.8 Å². The molecule has 1 aliphatic rings. The first-order valence-electron chi connectivity index (χ1n) is 6.49. The molecule has 0 bridgehead atoms. The quantitative estimate of drug-likeness (QED) is 0.858. The molecule has 0 heterocycles. The lowest BCUT2D eigenvalue weighted by Crippen LogP contribution is -2.26. The predicted molar refractivity (Wildman–Crippen MR) is 76.6 cm³/mol. The Bertz CT molecular complexity index is 364. The number of rotatable bonds is 2. The van der Waals surface area contributed by atoms with Crippen LogP contribution < -0.4 is 5.73 Å². The third-order valence-corrected chi connectivity index (χ3v) is 4.94. The summed E-state index contributed by atoms with van der Waals surface area (Å²) in [6, 6.07) is 9.39. The summed E-state index contributed by atoms with van der Waals surface area (Å²) in [5, 5.41) is 0.621. The second-order valence-corrected chi connectivity index (χ2v) is 7.34. The molecule has 2 heteroatoms. The van der Waals surface area contributed by atoms with Crippen LogP contribution in [0.2, 0.25) is 0 Å². The lowest BCUT2D eigenvalue weighted by molar-refractivity contribution is 0.589. The molecule has 17 heavy (non-hydrogen) atoms. The van der Waals surface area contributed by atoms with Gasteiger partial charge in [-0.3, -0.25) is 0 Å². The molecule has 0 amide bonds. The Morgan fingerprint density at radius 3 is 2.24 bits per heavy atom. The number of hydrogen-bond acceptors (Lipinski definition) is 2. The summed E-state index contributed by atoms with van der Waals surface area (Å²) in [5.41, 5.74) is 7.75. The van der Waals surface area contributed by atoms with E-state index in [0.29, 0.717) is 11.3 Å². The molecule has 0 spiro atoms. The molecule has 1 aromatic carbocycles. The summed E-state index contributed by atoms with van der Waals surface area (Å²) in [7, 11) is 0. The van der Waals surface area contributed by atoms with E-state index in [-0.39, 0.29) is 5.41 Å². The third-order valence-electron chi connectivity index (χ3n) is 3.51. The Balaban J connectivity index is 2.03. The van der Waals surface area contributed by atoms with Gasteiger partial charge in [0, 0.05) is 16.2 Å². The van der Waals surface area contributed by atoms with Crippen molar-refractivity contribution in [2.45, 2.75) is 61.6 Å². The third kappa shape index (κ3) is 3.26. The second-order valence-electron chi connectivity index (χ2n) is 6.03. The minimum Gasteiger partial charge on any atom is -0.327 e. The van der Waals surface area contributed by atoms with Crippen molar-refractivity contribution in [3.63, 3.8) is 0 Å². The molecule has 1 nitrogen and oxygen atoms in total. The van der Waals surface area contributed by atoms with E-state index >= 15 is 0 Å². The molecule has 2 atom stereocenters. The maximum absolute atomic E-state index is 6.11. The van der Waals surface area contributed by atoms with E-state index in [9.17, 15) is 0 Å². The number of nitrogens with two attached hydrogens (primary N) is 1. The van der Waals surface area contributed by atoms with Crippen molar-refractivity contribution in [1.82, 2.24) is 0 Å². The van der Waals surface area contributed by atoms with E-state index < -0.39 is 0 Å². The summed E-state index contributed by atoms with van der Waals surface area (Å²) < 4.78 is 0. The lowest BCUT2D eigenvalue weighted by Gasteiger charge is -2.20. The average molecular weight is 249 g/mol. The van der Waals surface area contributed by atoms with Crippen molar-refractivity contribution in [2.24, 2.45) is 5.73 Å². The fraction of sp³-hybridized carbons (Fsp3) is 0.600. The van der Waals surface area contributed by atoms with Crippen LogP contribution in [0.3, 0.4) is 0 Å². The number of hydrogen-bond donors (Lipinski definition) is 1. The minimum absolute atomic E-state index is 0.243. The smallest absolute Gasteiger partial charge is 0.0246 e. The molecule has 1 aliphatic carbocycles. The van der Waals surface area contributed by atoms with Gasteiger partial charge in [-0.25, -0.2) is 0 Å². The maximum Gasteiger partial charge on any atom is 0.0246 e. The molecule has 0 radical (unpaired) electrons. The highest BCUT2D eigenvalue weighted by molar-refractivity contribution is 8.00. The monoisotopic (exact) mass is 249 g/mol. The first kappa shape index (κ1) is 13.0. The molecule has 0 saturated heterocycles. The highest BCUT2D eigenvalue weighted by Crippen LogP contribution is 2.35. The van der Waals surface area contributed by atoms with E-state index in [0.717, 1.165) is 0 Å². The second kappa shape index (κ2) is 5.03. The summed E-state index contributed by atoms with van der Waals surface area (Å²) in [5.74, 6) is 0. The van der Waals surface area contributed by atoms with Crippen LogP contribution in [0.5, 0.6) is 0 Å². The van der Waals surface area contributed by atoms with E-state index in [1.165, 1.54) is 29.7 Å². The van der Waals surface area contributed by atoms with Crippen molar-refractivity contribution < 1.29 is 0 Å². The van der Waals surface area contributed by atoms with E-state index in [2.05, 4.69) is 45.0 Å². The standard InChI is InChI=1S/C15H23NS/c1-15(2,3)11-7-9-12(10-8-11)17-14-6-4-5-13(14)16/h7-10,13-14H,4-6,16H2,1-3H3. The van der Waals surface area contributed by atoms with Gasteiger partial charge in [-0.1, -0.05) is 39.3 Å². The zero-order valence-corrected chi connectivity index (χ0v) is 11.9. The molecule has 1 saturated carbocycles. The van der Waals surface area contributed by atoms with Gasteiger partial charge in [0.2, 0.25) is 0 Å². The highest BCUT2D eigenvalue weighted by atomic mass is 32.2. The molecule has 2 rings (SSSR count). The Morgan fingerprint density at radius 1 is 1.12 bits per heavy atom. The van der Waals surface area contributed by atoms with Crippen LogP contribution in [0.1, 0.15) is 45.6 Å². The largest absolute Gasteiger partial charge is 0.327 e. The Morgan fingerprint density at radius 2 is 1.76 bits per heavy atom. The highest BCUT2D eigenvalue weighted by Gasteiger charge is 2.24. The molecule has 2 unspecified atom stereocenters. The van der Waals surface area contributed by atoms with Crippen LogP contribution in [0.4, 0.5) is 0 Å². The Labute approximate surface area is 109 Å². The molecule has 1 fully saturated rings. The van der Waals surface area contributed by atoms with Gasteiger partial charge in [-0.05, 0) is 36.0 Å². The zero-order chi connectivity index (χ0) is 12.5. The van der Waals surface area contributed by atoms with Gasteiger partial charge in [0.05, 0.1) is 0 Å². The normalized spacial score (nSPS) is 25.2. The van der Waals surface area contributed by atoms with Crippen molar-refractivity contribution in [3.05, 3.63) is 29.8 Å². The van der Waals surface area contributed by atoms with Crippen LogP contribution >= 0.6 is 11.8 Å². The van der Waals surface area contributed by atoms with Crippen LogP contribution in [0.25, 0.3) is 0 Å². The number of benzene rings is 1. The summed E-state index contributed by atoms with van der Waals surface area (Å²) >= 11 is 1.95. The van der Waals surface area contributed by atoms with Crippen LogP contribution in [0, 0.1) is 0 Å². The van der Waals surface area contributed by atoms with Crippen LogP contribution in [-0.2, 0) is 5.41 Å². The van der Waals surface area contributed by atoms with Crippen molar-refractivity contribution in [2.75, 3.05) is 0 Å². The fourth-order valence-electron chi connectivity index (χ4n) is 2.31. The van der Waals surface area contributed by atoms with Gasteiger partial charge in [0.25, 0.3) is 0 Å². The number of thioether (sulfide) groups is 1. The predicted octanol–water partition coefficient (Wildman–Crippen LogP) is 3.96. The molecule has 1 aromatic rings. The Hall–Kier alpha value is -0.470. The molecule has 0 aromatic heterocycles. The average Bonchev–Trinajstić information content (AvgIpc) is 2.64. The van der Waals surface area contributed by atoms with Crippen LogP contribution in [0.15, 0.2) is 29.2 Å². The van der Waals surface area contributed by atoms with E-state index in [1.54, 1.807) is 0 Å². The summed E-state index contributed by atoms with van der Waals surface area (Å²) in [4.78, 5) is 1.36. The topological polar surface area (TPSA) is 26.0 Å². The molecule has 2 N–H and O–H groups in total. The first-order valence-corrected chi connectivity index (χ1v) is 7.37. The SMILES string of the molecule is CC(C)(C)c1ccc(SC2CCCC2N)cc1. The lowest BCUT2D eigenvalue weighted by atomic mass is 9.87. The summed E-state index contributed by atoms with van der Waals surface area (Å²) in [6.45, 7) is 6.76. The van der Waals surface area contributed by atoms with E-state index in [4.69, 9.17) is 5.73 Å². The van der Waals surface area contributed by atoms with Crippen molar-refractivity contribution >= 4 is 11.8 Å². The van der Waals surface area contributed by atoms with Gasteiger partial charge < -0.3 is 5.73 Å². The van der Waals surface area contributed by atoms with Gasteiger partial charge in [-0.2, -0.15) is 0 Å². The minimum atomic E-state index is 0.243. The van der Waals surface area contributed by atoms with Crippen molar-refractivity contribution in [3.8, 4) is 0 Å². The first-order chi connectivity index (χ1) is 7.97. The van der Waals surface area contributed by atoms with Gasteiger partial charge >= 0.3 is 0 Å². The molecule has 94 valence electrons. The summed E-state index contributed by atoms with van der Waals surface area (Å²) in [6.07, 6.45) is 3.75. The fourth-order valence-corrected chi connectivity index (χ4v) is 3.55. The molecular formula is C15H23NS. The molecular weight excluding hydrogens is 226 g/mol. The zero-order valence-electron chi connectivity index (χ0n) is 11.1. The van der Waals surface area contributed by atoms with Crippen LogP contribution in [-0.4, -0.2) is 11.3 Å². The van der Waals surface area contributed by atoms with Gasteiger partial charge in [0.1, 0.15) is 0 Å². The van der Waals surface area contributed by atoms with Gasteiger partial charge in [0.15, 0.2) is 0 Å². The molecule has 0 aliphatic heterocycles.